The zero-order valence-electron chi connectivity index (χ0n) is 11.9. The summed E-state index contributed by atoms with van der Waals surface area (Å²) < 4.78 is 1.65. The minimum Gasteiger partial charge on any atom is -0.370 e. The lowest BCUT2D eigenvalue weighted by molar-refractivity contribution is 0.534. The minimum atomic E-state index is -0.170. The number of rotatable bonds is 6. The molecule has 0 bridgehead atoms. The number of aromatic nitrogens is 4. The molecular weight excluding hydrogens is 274 g/mol. The van der Waals surface area contributed by atoms with Crippen LogP contribution in [0.1, 0.15) is 32.5 Å². The number of thioether (sulfide) groups is 1. The summed E-state index contributed by atoms with van der Waals surface area (Å²) >= 11 is 1.51. The van der Waals surface area contributed by atoms with E-state index in [1.165, 1.54) is 11.8 Å². The van der Waals surface area contributed by atoms with Gasteiger partial charge in [-0.05, 0) is 32.9 Å². The van der Waals surface area contributed by atoms with Crippen LogP contribution in [0.2, 0.25) is 0 Å². The summed E-state index contributed by atoms with van der Waals surface area (Å²) in [5.74, 6) is 1.55. The third-order valence-electron chi connectivity index (χ3n) is 2.70. The Labute approximate surface area is 122 Å². The summed E-state index contributed by atoms with van der Waals surface area (Å²) in [6, 6.07) is 5.97. The molecule has 2 aromatic heterocycles. The molecule has 108 valence electrons. The maximum Gasteiger partial charge on any atom is 0.344 e. The first-order chi connectivity index (χ1) is 9.61. The van der Waals surface area contributed by atoms with E-state index in [1.807, 2.05) is 39.0 Å². The summed E-state index contributed by atoms with van der Waals surface area (Å²) in [4.78, 5) is 16.1. The zero-order valence-corrected chi connectivity index (χ0v) is 12.7. The fraction of sp³-hybridized carbons (Fsp3) is 0.462. The number of pyridine rings is 1. The van der Waals surface area contributed by atoms with E-state index in [-0.39, 0.29) is 11.7 Å². The van der Waals surface area contributed by atoms with Gasteiger partial charge in [0.15, 0.2) is 5.16 Å². The molecule has 0 aliphatic carbocycles. The van der Waals surface area contributed by atoms with Crippen LogP contribution in [-0.4, -0.2) is 26.3 Å². The summed E-state index contributed by atoms with van der Waals surface area (Å²) in [7, 11) is 0. The molecule has 0 atom stereocenters. The van der Waals surface area contributed by atoms with Gasteiger partial charge in [-0.1, -0.05) is 17.8 Å². The highest BCUT2D eigenvalue weighted by Gasteiger charge is 2.12. The van der Waals surface area contributed by atoms with Crippen molar-refractivity contribution in [3.8, 4) is 0 Å². The molecule has 6 nitrogen and oxygen atoms in total. The average Bonchev–Trinajstić information content (AvgIpc) is 2.78. The highest BCUT2D eigenvalue weighted by molar-refractivity contribution is 7.98. The van der Waals surface area contributed by atoms with Gasteiger partial charge < -0.3 is 5.32 Å². The van der Waals surface area contributed by atoms with Crippen molar-refractivity contribution >= 4 is 17.6 Å². The molecule has 0 unspecified atom stereocenters. The summed E-state index contributed by atoms with van der Waals surface area (Å²) in [6.45, 7) is 6.81. The maximum atomic E-state index is 11.6. The van der Waals surface area contributed by atoms with Gasteiger partial charge in [-0.15, -0.1) is 5.10 Å². The van der Waals surface area contributed by atoms with Crippen molar-refractivity contribution in [1.29, 1.82) is 0 Å². The lowest BCUT2D eigenvalue weighted by atomic mass is 10.4. The molecule has 0 amide bonds. The largest absolute Gasteiger partial charge is 0.370 e. The number of hydrogen-bond donors (Lipinski definition) is 2. The van der Waals surface area contributed by atoms with Crippen LogP contribution in [0.3, 0.4) is 0 Å². The Hall–Kier alpha value is -1.76. The van der Waals surface area contributed by atoms with Crippen LogP contribution >= 0.6 is 11.8 Å². The van der Waals surface area contributed by atoms with E-state index in [4.69, 9.17) is 0 Å². The van der Waals surface area contributed by atoms with Gasteiger partial charge in [0.05, 0.1) is 5.69 Å². The van der Waals surface area contributed by atoms with Crippen molar-refractivity contribution in [3.05, 3.63) is 34.4 Å². The molecule has 7 heteroatoms. The molecule has 0 saturated heterocycles. The Kier molecular flexibility index (Phi) is 4.84. The molecule has 0 aliphatic rings. The predicted molar refractivity (Wildman–Crippen MR) is 81.2 cm³/mol. The molecule has 0 fully saturated rings. The van der Waals surface area contributed by atoms with Crippen molar-refractivity contribution in [2.75, 3.05) is 11.9 Å². The van der Waals surface area contributed by atoms with Gasteiger partial charge in [0, 0.05) is 18.3 Å². The second-order valence-corrected chi connectivity index (χ2v) is 5.55. The maximum absolute atomic E-state index is 11.6. The van der Waals surface area contributed by atoms with E-state index in [0.29, 0.717) is 10.9 Å². The van der Waals surface area contributed by atoms with E-state index in [0.717, 1.165) is 18.1 Å². The van der Waals surface area contributed by atoms with E-state index in [9.17, 15) is 4.79 Å². The van der Waals surface area contributed by atoms with Crippen LogP contribution in [0.5, 0.6) is 0 Å². The Bertz CT molecular complexity index is 619. The van der Waals surface area contributed by atoms with Gasteiger partial charge in [-0.3, -0.25) is 4.57 Å². The Morgan fingerprint density at radius 1 is 1.45 bits per heavy atom. The Balaban J connectivity index is 2.09. The molecule has 2 N–H and O–H groups in total. The number of hydrogen-bond acceptors (Lipinski definition) is 5. The van der Waals surface area contributed by atoms with Gasteiger partial charge in [-0.25, -0.2) is 14.9 Å². The van der Waals surface area contributed by atoms with Crippen LogP contribution in [0.25, 0.3) is 0 Å². The molecule has 2 aromatic rings. The average molecular weight is 293 g/mol. The number of H-pyrrole nitrogens is 1. The van der Waals surface area contributed by atoms with Crippen LogP contribution in [0.15, 0.2) is 28.2 Å². The van der Waals surface area contributed by atoms with Crippen LogP contribution < -0.4 is 11.0 Å². The first-order valence-corrected chi connectivity index (χ1v) is 7.60. The molecule has 0 radical (unpaired) electrons. The third-order valence-corrected chi connectivity index (χ3v) is 3.69. The van der Waals surface area contributed by atoms with Crippen LogP contribution in [0.4, 0.5) is 5.82 Å². The third kappa shape index (κ3) is 3.41. The number of aromatic amines is 1. The quantitative estimate of drug-likeness (QED) is 0.799. The molecule has 20 heavy (non-hydrogen) atoms. The fourth-order valence-corrected chi connectivity index (χ4v) is 2.81. The molecule has 0 aliphatic heterocycles. The SMILES string of the molecule is CCNc1cccc(CSc2n[nH]c(=O)n2C(C)C)n1. The normalized spacial score (nSPS) is 11.0. The molecule has 0 saturated carbocycles. The van der Waals surface area contributed by atoms with E-state index in [1.54, 1.807) is 4.57 Å². The topological polar surface area (TPSA) is 75.6 Å². The van der Waals surface area contributed by atoms with Crippen molar-refractivity contribution in [1.82, 2.24) is 19.7 Å². The lowest BCUT2D eigenvalue weighted by Gasteiger charge is -2.08. The number of nitrogens with one attached hydrogen (secondary N) is 2. The number of anilines is 1. The Morgan fingerprint density at radius 2 is 2.25 bits per heavy atom. The first kappa shape index (κ1) is 14.6. The van der Waals surface area contributed by atoms with Crippen LogP contribution in [-0.2, 0) is 5.75 Å². The molecule has 0 spiro atoms. The summed E-state index contributed by atoms with van der Waals surface area (Å²) in [5.41, 5.74) is 0.788. The van der Waals surface area contributed by atoms with Crippen molar-refractivity contribution in [3.63, 3.8) is 0 Å². The van der Waals surface area contributed by atoms with Crippen LogP contribution in [0, 0.1) is 0 Å². The predicted octanol–water partition coefficient (Wildman–Crippen LogP) is 2.27. The van der Waals surface area contributed by atoms with E-state index < -0.39 is 0 Å². The molecule has 2 rings (SSSR count). The van der Waals surface area contributed by atoms with Gasteiger partial charge >= 0.3 is 5.69 Å². The zero-order chi connectivity index (χ0) is 14.5. The summed E-state index contributed by atoms with van der Waals surface area (Å²) in [6.07, 6.45) is 0. The highest BCUT2D eigenvalue weighted by atomic mass is 32.2. The van der Waals surface area contributed by atoms with Gasteiger partial charge in [-0.2, -0.15) is 0 Å². The van der Waals surface area contributed by atoms with E-state index >= 15 is 0 Å². The molecular formula is C13H19N5OS. The first-order valence-electron chi connectivity index (χ1n) is 6.61. The minimum absolute atomic E-state index is 0.0878. The smallest absolute Gasteiger partial charge is 0.344 e. The highest BCUT2D eigenvalue weighted by Crippen LogP contribution is 2.21. The van der Waals surface area contributed by atoms with Crippen molar-refractivity contribution in [2.24, 2.45) is 0 Å². The fourth-order valence-electron chi connectivity index (χ4n) is 1.83. The molecule has 2 heterocycles. The monoisotopic (exact) mass is 293 g/mol. The standard InChI is InChI=1S/C13H19N5OS/c1-4-14-11-7-5-6-10(15-11)8-20-13-17-16-12(19)18(13)9(2)3/h5-7,9H,4,8H2,1-3H3,(H,14,15)(H,16,19). The molecule has 0 aromatic carbocycles. The second-order valence-electron chi connectivity index (χ2n) is 4.61. The Morgan fingerprint density at radius 3 is 2.95 bits per heavy atom. The lowest BCUT2D eigenvalue weighted by Crippen LogP contribution is -2.19. The van der Waals surface area contributed by atoms with Gasteiger partial charge in [0.2, 0.25) is 0 Å². The van der Waals surface area contributed by atoms with Gasteiger partial charge in [0.25, 0.3) is 0 Å². The van der Waals surface area contributed by atoms with Crippen molar-refractivity contribution in [2.45, 2.75) is 37.7 Å². The number of nitrogens with zero attached hydrogens (tertiary/aromatic N) is 3. The second kappa shape index (κ2) is 6.60. The summed E-state index contributed by atoms with van der Waals surface area (Å²) in [5, 5.41) is 10.4. The van der Waals surface area contributed by atoms with Gasteiger partial charge in [0.1, 0.15) is 5.82 Å². The van der Waals surface area contributed by atoms with Crippen molar-refractivity contribution < 1.29 is 0 Å². The van der Waals surface area contributed by atoms with E-state index in [2.05, 4.69) is 20.5 Å².